The molecule has 0 spiro atoms. The number of imidazole rings is 1. The molecule has 0 radical (unpaired) electrons. The molecule has 6 heteroatoms. The number of thioether (sulfide) groups is 1. The lowest BCUT2D eigenvalue weighted by Crippen LogP contribution is -2.33. The minimum Gasteiger partial charge on any atom is -0.355 e. The summed E-state index contributed by atoms with van der Waals surface area (Å²) in [5.74, 6) is 0.498. The SMILES string of the molecule is CC(C)CNC(=O)[C@@H](C)Sc1nccn1Cc1ccccn1. The molecule has 2 aromatic rings. The van der Waals surface area contributed by atoms with E-state index in [1.807, 2.05) is 35.9 Å². The minimum absolute atomic E-state index is 0.0473. The highest BCUT2D eigenvalue weighted by atomic mass is 32.2. The Morgan fingerprint density at radius 2 is 2.09 bits per heavy atom. The molecule has 0 saturated carbocycles. The fraction of sp³-hybridized carbons (Fsp3) is 0.438. The maximum Gasteiger partial charge on any atom is 0.233 e. The number of amides is 1. The first kappa shape index (κ1) is 16.5. The summed E-state index contributed by atoms with van der Waals surface area (Å²) in [6.45, 7) is 7.42. The van der Waals surface area contributed by atoms with Crippen molar-refractivity contribution < 1.29 is 4.79 Å². The monoisotopic (exact) mass is 318 g/mol. The minimum atomic E-state index is -0.177. The van der Waals surface area contributed by atoms with E-state index in [-0.39, 0.29) is 11.2 Å². The van der Waals surface area contributed by atoms with Crippen molar-refractivity contribution in [2.24, 2.45) is 5.92 Å². The van der Waals surface area contributed by atoms with Crippen LogP contribution in [0.5, 0.6) is 0 Å². The highest BCUT2D eigenvalue weighted by Gasteiger charge is 2.17. The molecule has 0 unspecified atom stereocenters. The van der Waals surface area contributed by atoms with Gasteiger partial charge in [-0.25, -0.2) is 4.98 Å². The van der Waals surface area contributed by atoms with E-state index in [0.717, 1.165) is 10.9 Å². The Morgan fingerprint density at radius 1 is 1.27 bits per heavy atom. The Bertz CT molecular complexity index is 597. The molecule has 0 aromatic carbocycles. The summed E-state index contributed by atoms with van der Waals surface area (Å²) >= 11 is 1.47. The van der Waals surface area contributed by atoms with Crippen LogP contribution in [0, 0.1) is 5.92 Å². The van der Waals surface area contributed by atoms with Gasteiger partial charge in [0.2, 0.25) is 5.91 Å². The van der Waals surface area contributed by atoms with E-state index in [9.17, 15) is 4.79 Å². The first-order valence-electron chi connectivity index (χ1n) is 7.41. The fourth-order valence-electron chi connectivity index (χ4n) is 1.86. The summed E-state index contributed by atoms with van der Waals surface area (Å²) < 4.78 is 2.01. The quantitative estimate of drug-likeness (QED) is 0.797. The van der Waals surface area contributed by atoms with Gasteiger partial charge in [-0.15, -0.1) is 0 Å². The predicted molar refractivity (Wildman–Crippen MR) is 88.7 cm³/mol. The summed E-state index contributed by atoms with van der Waals surface area (Å²) in [7, 11) is 0. The van der Waals surface area contributed by atoms with E-state index >= 15 is 0 Å². The van der Waals surface area contributed by atoms with E-state index in [1.54, 1.807) is 12.4 Å². The molecule has 0 fully saturated rings. The van der Waals surface area contributed by atoms with Crippen molar-refractivity contribution in [3.8, 4) is 0 Å². The Labute approximate surface area is 135 Å². The predicted octanol–water partition coefficient (Wildman–Crippen LogP) is 2.58. The second-order valence-electron chi connectivity index (χ2n) is 5.56. The number of hydrogen-bond donors (Lipinski definition) is 1. The van der Waals surface area contributed by atoms with E-state index < -0.39 is 0 Å². The van der Waals surface area contributed by atoms with Crippen molar-refractivity contribution in [3.63, 3.8) is 0 Å². The number of carbonyl (C=O) groups is 1. The normalized spacial score (nSPS) is 12.4. The number of rotatable bonds is 7. The molecular formula is C16H22N4OS. The van der Waals surface area contributed by atoms with Gasteiger partial charge in [-0.2, -0.15) is 0 Å². The summed E-state index contributed by atoms with van der Waals surface area (Å²) in [5, 5.41) is 3.61. The maximum absolute atomic E-state index is 12.1. The molecular weight excluding hydrogens is 296 g/mol. The number of aromatic nitrogens is 3. The van der Waals surface area contributed by atoms with Gasteiger partial charge in [-0.3, -0.25) is 9.78 Å². The molecule has 1 amide bonds. The zero-order chi connectivity index (χ0) is 15.9. The smallest absolute Gasteiger partial charge is 0.233 e. The molecule has 0 aliphatic rings. The Hall–Kier alpha value is -1.82. The number of nitrogens with one attached hydrogen (secondary N) is 1. The second-order valence-corrected chi connectivity index (χ2v) is 6.87. The van der Waals surface area contributed by atoms with Gasteiger partial charge in [-0.05, 0) is 25.0 Å². The molecule has 22 heavy (non-hydrogen) atoms. The lowest BCUT2D eigenvalue weighted by atomic mass is 10.2. The molecule has 1 atom stereocenters. The second kappa shape index (κ2) is 7.98. The average Bonchev–Trinajstić information content (AvgIpc) is 2.92. The summed E-state index contributed by atoms with van der Waals surface area (Å²) in [5.41, 5.74) is 0.972. The van der Waals surface area contributed by atoms with Crippen LogP contribution >= 0.6 is 11.8 Å². The Balaban J connectivity index is 1.96. The molecule has 0 bridgehead atoms. The van der Waals surface area contributed by atoms with E-state index in [0.29, 0.717) is 19.0 Å². The van der Waals surface area contributed by atoms with Gasteiger partial charge < -0.3 is 9.88 Å². The number of pyridine rings is 1. The molecule has 0 aliphatic heterocycles. The molecule has 118 valence electrons. The van der Waals surface area contributed by atoms with E-state index in [2.05, 4.69) is 29.1 Å². The van der Waals surface area contributed by atoms with Gasteiger partial charge in [0, 0.05) is 25.1 Å². The van der Waals surface area contributed by atoms with Crippen molar-refractivity contribution in [3.05, 3.63) is 42.5 Å². The highest BCUT2D eigenvalue weighted by molar-refractivity contribution is 8.00. The lowest BCUT2D eigenvalue weighted by molar-refractivity contribution is -0.120. The molecule has 0 aliphatic carbocycles. The molecule has 5 nitrogen and oxygen atoms in total. The zero-order valence-corrected chi connectivity index (χ0v) is 14.0. The number of carbonyl (C=O) groups excluding carboxylic acids is 1. The van der Waals surface area contributed by atoms with Gasteiger partial charge in [0.15, 0.2) is 5.16 Å². The van der Waals surface area contributed by atoms with Gasteiger partial charge in [0.1, 0.15) is 0 Å². The fourth-order valence-corrected chi connectivity index (χ4v) is 2.75. The van der Waals surface area contributed by atoms with Gasteiger partial charge in [0.05, 0.1) is 17.5 Å². The topological polar surface area (TPSA) is 59.8 Å². The first-order valence-corrected chi connectivity index (χ1v) is 8.29. The van der Waals surface area contributed by atoms with Crippen molar-refractivity contribution in [1.82, 2.24) is 19.9 Å². The molecule has 0 saturated heterocycles. The van der Waals surface area contributed by atoms with E-state index in [4.69, 9.17) is 0 Å². The van der Waals surface area contributed by atoms with E-state index in [1.165, 1.54) is 11.8 Å². The molecule has 2 rings (SSSR count). The molecule has 2 heterocycles. The van der Waals surface area contributed by atoms with Crippen molar-refractivity contribution in [1.29, 1.82) is 0 Å². The van der Waals surface area contributed by atoms with Crippen LogP contribution in [0.2, 0.25) is 0 Å². The van der Waals surface area contributed by atoms with Crippen LogP contribution in [0.25, 0.3) is 0 Å². The number of nitrogens with zero attached hydrogens (tertiary/aromatic N) is 3. The summed E-state index contributed by atoms with van der Waals surface area (Å²) in [6, 6.07) is 5.84. The Kier molecular flexibility index (Phi) is 6.00. The van der Waals surface area contributed by atoms with Crippen LogP contribution in [0.4, 0.5) is 0 Å². The van der Waals surface area contributed by atoms with Crippen LogP contribution in [-0.2, 0) is 11.3 Å². The first-order chi connectivity index (χ1) is 10.6. The van der Waals surface area contributed by atoms with Crippen molar-refractivity contribution >= 4 is 17.7 Å². The third kappa shape index (κ3) is 4.87. The Morgan fingerprint density at radius 3 is 2.77 bits per heavy atom. The average molecular weight is 318 g/mol. The third-order valence-electron chi connectivity index (χ3n) is 3.07. The third-order valence-corrected chi connectivity index (χ3v) is 4.19. The van der Waals surface area contributed by atoms with Crippen LogP contribution in [0.1, 0.15) is 26.5 Å². The highest BCUT2D eigenvalue weighted by Crippen LogP contribution is 2.22. The summed E-state index contributed by atoms with van der Waals surface area (Å²) in [4.78, 5) is 20.7. The van der Waals surface area contributed by atoms with Crippen LogP contribution < -0.4 is 5.32 Å². The summed E-state index contributed by atoms with van der Waals surface area (Å²) in [6.07, 6.45) is 5.45. The van der Waals surface area contributed by atoms with Gasteiger partial charge in [-0.1, -0.05) is 31.7 Å². The van der Waals surface area contributed by atoms with Crippen molar-refractivity contribution in [2.75, 3.05) is 6.54 Å². The molecule has 1 N–H and O–H groups in total. The number of hydrogen-bond acceptors (Lipinski definition) is 4. The van der Waals surface area contributed by atoms with Crippen LogP contribution in [0.3, 0.4) is 0 Å². The van der Waals surface area contributed by atoms with Crippen LogP contribution in [0.15, 0.2) is 41.9 Å². The van der Waals surface area contributed by atoms with Gasteiger partial charge >= 0.3 is 0 Å². The lowest BCUT2D eigenvalue weighted by Gasteiger charge is -2.14. The standard InChI is InChI=1S/C16H22N4OS/c1-12(2)10-19-15(21)13(3)22-16-18-8-9-20(16)11-14-6-4-5-7-17-14/h4-9,12-13H,10-11H2,1-3H3,(H,19,21)/t13-/m1/s1. The van der Waals surface area contributed by atoms with Crippen LogP contribution in [-0.4, -0.2) is 32.2 Å². The maximum atomic E-state index is 12.1. The van der Waals surface area contributed by atoms with Gasteiger partial charge in [0.25, 0.3) is 0 Å². The largest absolute Gasteiger partial charge is 0.355 e. The zero-order valence-electron chi connectivity index (χ0n) is 13.2. The van der Waals surface area contributed by atoms with Crippen molar-refractivity contribution in [2.45, 2.75) is 37.7 Å². The molecule has 2 aromatic heterocycles.